The van der Waals surface area contributed by atoms with Crippen molar-refractivity contribution in [2.45, 2.75) is 0 Å². The zero-order valence-electron chi connectivity index (χ0n) is 10.5. The van der Waals surface area contributed by atoms with Gasteiger partial charge in [0.15, 0.2) is 5.15 Å². The summed E-state index contributed by atoms with van der Waals surface area (Å²) in [5.41, 5.74) is 2.42. The van der Waals surface area contributed by atoms with Gasteiger partial charge in [-0.2, -0.15) is 0 Å². The molecule has 0 atom stereocenters. The number of rotatable bonds is 2. The number of carbonyl (C=O) groups is 1. The number of nitrogens with zero attached hydrogens (tertiary/aromatic N) is 2. The third-order valence-corrected chi connectivity index (χ3v) is 3.45. The van der Waals surface area contributed by atoms with Gasteiger partial charge in [0.25, 0.3) is 5.24 Å². The summed E-state index contributed by atoms with van der Waals surface area (Å²) in [7, 11) is 0. The van der Waals surface area contributed by atoms with Crippen LogP contribution in [0.5, 0.6) is 0 Å². The molecule has 0 fully saturated rings. The Labute approximate surface area is 129 Å². The quantitative estimate of drug-likeness (QED) is 0.654. The molecule has 0 aliphatic rings. The fourth-order valence-corrected chi connectivity index (χ4v) is 2.31. The Morgan fingerprint density at radius 3 is 2.38 bits per heavy atom. The normalized spacial score (nSPS) is 10.8. The first-order chi connectivity index (χ1) is 10.0. The van der Waals surface area contributed by atoms with Gasteiger partial charge >= 0.3 is 0 Å². The zero-order chi connectivity index (χ0) is 15.0. The molecule has 0 aliphatic carbocycles. The highest BCUT2D eigenvalue weighted by molar-refractivity contribution is 6.67. The van der Waals surface area contributed by atoms with Crippen molar-refractivity contribution < 1.29 is 9.18 Å². The van der Waals surface area contributed by atoms with Crippen molar-refractivity contribution in [3.05, 3.63) is 59.0 Å². The first-order valence-corrected chi connectivity index (χ1v) is 6.73. The summed E-state index contributed by atoms with van der Waals surface area (Å²) in [4.78, 5) is 19.8. The minimum atomic E-state index is -0.572. The Balaban J connectivity index is 2.20. The number of carbonyl (C=O) groups excluding carboxylic acids is 1. The van der Waals surface area contributed by atoms with E-state index in [1.807, 2.05) is 0 Å². The van der Waals surface area contributed by atoms with E-state index in [-0.39, 0.29) is 11.0 Å². The molecular formula is C15H7Cl2FN2O. The van der Waals surface area contributed by atoms with Crippen molar-refractivity contribution in [1.29, 1.82) is 0 Å². The predicted octanol–water partition coefficient (Wildman–Crippen LogP) is 4.47. The van der Waals surface area contributed by atoms with Crippen LogP contribution in [0.2, 0.25) is 5.15 Å². The highest BCUT2D eigenvalue weighted by Gasteiger charge is 2.11. The van der Waals surface area contributed by atoms with Crippen molar-refractivity contribution in [2.24, 2.45) is 0 Å². The summed E-state index contributed by atoms with van der Waals surface area (Å²) >= 11 is 11.6. The fourth-order valence-electron chi connectivity index (χ4n) is 1.95. The largest absolute Gasteiger partial charge is 0.276 e. The molecular weight excluding hydrogens is 314 g/mol. The van der Waals surface area contributed by atoms with Gasteiger partial charge in [-0.1, -0.05) is 11.6 Å². The second-order valence-corrected chi connectivity index (χ2v) is 5.05. The smallest absolute Gasteiger partial charge is 0.252 e. The van der Waals surface area contributed by atoms with Crippen LogP contribution in [0.15, 0.2) is 42.5 Å². The predicted molar refractivity (Wildman–Crippen MR) is 80.1 cm³/mol. The molecule has 3 rings (SSSR count). The lowest BCUT2D eigenvalue weighted by Crippen LogP contribution is -1.94. The third-order valence-electron chi connectivity index (χ3n) is 2.97. The van der Waals surface area contributed by atoms with Crippen LogP contribution in [0, 0.1) is 5.82 Å². The van der Waals surface area contributed by atoms with Crippen LogP contribution in [-0.4, -0.2) is 15.2 Å². The maximum atomic E-state index is 13.0. The number of halogens is 3. The number of hydrogen-bond donors (Lipinski definition) is 0. The van der Waals surface area contributed by atoms with Gasteiger partial charge < -0.3 is 0 Å². The average molecular weight is 321 g/mol. The molecule has 2 aromatic carbocycles. The second kappa shape index (κ2) is 5.39. The molecule has 3 nitrogen and oxygen atoms in total. The van der Waals surface area contributed by atoms with Crippen LogP contribution in [0.4, 0.5) is 4.39 Å². The fraction of sp³-hybridized carbons (Fsp3) is 0. The third kappa shape index (κ3) is 2.73. The number of hydrogen-bond acceptors (Lipinski definition) is 3. The van der Waals surface area contributed by atoms with Crippen LogP contribution < -0.4 is 0 Å². The van der Waals surface area contributed by atoms with Gasteiger partial charge in [0.05, 0.1) is 11.0 Å². The summed E-state index contributed by atoms with van der Waals surface area (Å²) in [5.74, 6) is -0.348. The Morgan fingerprint density at radius 2 is 1.71 bits per heavy atom. The summed E-state index contributed by atoms with van der Waals surface area (Å²) in [5, 5.41) is -0.365. The summed E-state index contributed by atoms with van der Waals surface area (Å²) in [6.45, 7) is 0. The average Bonchev–Trinajstić information content (AvgIpc) is 2.47. The van der Waals surface area contributed by atoms with E-state index in [0.717, 1.165) is 0 Å². The lowest BCUT2D eigenvalue weighted by Gasteiger charge is -2.06. The Kier molecular flexibility index (Phi) is 3.57. The molecule has 104 valence electrons. The highest BCUT2D eigenvalue weighted by atomic mass is 35.5. The standard InChI is InChI=1S/C15H7Cl2FN2O/c16-14-13(8-1-4-10(18)5-2-8)19-12-7-9(15(17)21)3-6-11(12)20-14/h1-7H. The maximum Gasteiger partial charge on any atom is 0.252 e. The van der Waals surface area contributed by atoms with Gasteiger partial charge in [-0.05, 0) is 54.1 Å². The number of aromatic nitrogens is 2. The maximum absolute atomic E-state index is 13.0. The number of fused-ring (bicyclic) bond motifs is 1. The lowest BCUT2D eigenvalue weighted by molar-refractivity contribution is 0.108. The van der Waals surface area contributed by atoms with E-state index in [1.54, 1.807) is 30.3 Å². The molecule has 1 heterocycles. The van der Waals surface area contributed by atoms with Gasteiger partial charge in [0.1, 0.15) is 11.5 Å². The van der Waals surface area contributed by atoms with Crippen molar-refractivity contribution in [2.75, 3.05) is 0 Å². The number of benzene rings is 2. The minimum absolute atomic E-state index is 0.207. The molecule has 1 aromatic heterocycles. The monoisotopic (exact) mass is 320 g/mol. The van der Waals surface area contributed by atoms with Gasteiger partial charge in [-0.3, -0.25) is 4.79 Å². The van der Waals surface area contributed by atoms with Crippen LogP contribution in [0.1, 0.15) is 10.4 Å². The Hall–Kier alpha value is -2.04. The van der Waals surface area contributed by atoms with Crippen LogP contribution in [-0.2, 0) is 0 Å². The molecule has 0 bridgehead atoms. The molecule has 0 spiro atoms. The van der Waals surface area contributed by atoms with E-state index in [1.165, 1.54) is 12.1 Å². The second-order valence-electron chi connectivity index (χ2n) is 4.35. The Morgan fingerprint density at radius 1 is 1.00 bits per heavy atom. The van der Waals surface area contributed by atoms with Crippen molar-refractivity contribution in [3.63, 3.8) is 0 Å². The first-order valence-electron chi connectivity index (χ1n) is 5.97. The molecule has 0 saturated carbocycles. The molecule has 0 saturated heterocycles. The van der Waals surface area contributed by atoms with Gasteiger partial charge in [0.2, 0.25) is 0 Å². The van der Waals surface area contributed by atoms with Crippen LogP contribution in [0.3, 0.4) is 0 Å². The van der Waals surface area contributed by atoms with Gasteiger partial charge in [0, 0.05) is 11.1 Å². The van der Waals surface area contributed by atoms with Crippen LogP contribution in [0.25, 0.3) is 22.3 Å². The van der Waals surface area contributed by atoms with Crippen molar-refractivity contribution in [3.8, 4) is 11.3 Å². The summed E-state index contributed by atoms with van der Waals surface area (Å²) < 4.78 is 13.0. The highest BCUT2D eigenvalue weighted by Crippen LogP contribution is 2.27. The van der Waals surface area contributed by atoms with E-state index in [4.69, 9.17) is 23.2 Å². The molecule has 0 amide bonds. The van der Waals surface area contributed by atoms with Crippen molar-refractivity contribution >= 4 is 39.5 Å². The van der Waals surface area contributed by atoms with Crippen LogP contribution >= 0.6 is 23.2 Å². The first kappa shape index (κ1) is 13.9. The molecule has 21 heavy (non-hydrogen) atoms. The summed E-state index contributed by atoms with van der Waals surface area (Å²) in [6.07, 6.45) is 0. The van der Waals surface area contributed by atoms with E-state index in [9.17, 15) is 9.18 Å². The van der Waals surface area contributed by atoms with Gasteiger partial charge in [-0.25, -0.2) is 14.4 Å². The topological polar surface area (TPSA) is 42.9 Å². The molecule has 0 unspecified atom stereocenters. The molecule has 0 radical (unpaired) electrons. The van der Waals surface area contributed by atoms with E-state index in [0.29, 0.717) is 27.9 Å². The Bertz CT molecular complexity index is 850. The van der Waals surface area contributed by atoms with E-state index < -0.39 is 5.24 Å². The minimum Gasteiger partial charge on any atom is -0.276 e. The van der Waals surface area contributed by atoms with Gasteiger partial charge in [-0.15, -0.1) is 0 Å². The van der Waals surface area contributed by atoms with Crippen molar-refractivity contribution in [1.82, 2.24) is 9.97 Å². The lowest BCUT2D eigenvalue weighted by atomic mass is 10.1. The SMILES string of the molecule is O=C(Cl)c1ccc2nc(Cl)c(-c3ccc(F)cc3)nc2c1. The molecule has 0 aliphatic heterocycles. The molecule has 6 heteroatoms. The molecule has 3 aromatic rings. The molecule has 0 N–H and O–H groups in total. The van der Waals surface area contributed by atoms with E-state index >= 15 is 0 Å². The van der Waals surface area contributed by atoms with E-state index in [2.05, 4.69) is 9.97 Å². The summed E-state index contributed by atoms with van der Waals surface area (Å²) in [6, 6.07) is 10.5. The zero-order valence-corrected chi connectivity index (χ0v) is 12.0.